The lowest BCUT2D eigenvalue weighted by Gasteiger charge is -2.06. The number of benzene rings is 2. The molecule has 0 radical (unpaired) electrons. The van der Waals surface area contributed by atoms with Crippen LogP contribution in [-0.2, 0) is 4.74 Å². The number of halogens is 1. The summed E-state index contributed by atoms with van der Waals surface area (Å²) in [4.78, 5) is 16.4. The molecule has 26 heavy (non-hydrogen) atoms. The summed E-state index contributed by atoms with van der Waals surface area (Å²) in [6, 6.07) is 15.1. The minimum absolute atomic E-state index is 0.170. The van der Waals surface area contributed by atoms with Crippen LogP contribution in [0, 0.1) is 12.7 Å². The normalized spacial score (nSPS) is 10.5. The third kappa shape index (κ3) is 4.47. The highest BCUT2D eigenvalue weighted by atomic mass is 19.1. The van der Waals surface area contributed by atoms with E-state index in [2.05, 4.69) is 4.98 Å². The molecular formula is C20H18FNO4. The average Bonchev–Trinajstić information content (AvgIpc) is 3.05. The minimum atomic E-state index is -0.532. The van der Waals surface area contributed by atoms with Crippen molar-refractivity contribution in [1.82, 2.24) is 4.98 Å². The molecule has 0 saturated heterocycles. The topological polar surface area (TPSA) is 61.6 Å². The monoisotopic (exact) mass is 355 g/mol. The van der Waals surface area contributed by atoms with Gasteiger partial charge in [0.15, 0.2) is 5.69 Å². The average molecular weight is 355 g/mol. The number of rotatable bonds is 7. The predicted octanol–water partition coefficient (Wildman–Crippen LogP) is 4.42. The molecule has 0 N–H and O–H groups in total. The van der Waals surface area contributed by atoms with Gasteiger partial charge in [0.2, 0.25) is 5.89 Å². The summed E-state index contributed by atoms with van der Waals surface area (Å²) in [7, 11) is 0. The fourth-order valence-electron chi connectivity index (χ4n) is 2.30. The first-order valence-corrected chi connectivity index (χ1v) is 8.22. The van der Waals surface area contributed by atoms with Crippen LogP contribution in [-0.4, -0.2) is 24.2 Å². The summed E-state index contributed by atoms with van der Waals surface area (Å²) >= 11 is 0. The summed E-state index contributed by atoms with van der Waals surface area (Å²) in [5.41, 5.74) is 0.964. The molecule has 0 unspecified atom stereocenters. The fourth-order valence-corrected chi connectivity index (χ4v) is 2.30. The van der Waals surface area contributed by atoms with Gasteiger partial charge in [0.05, 0.1) is 13.2 Å². The summed E-state index contributed by atoms with van der Waals surface area (Å²) in [6.07, 6.45) is 0.506. The van der Waals surface area contributed by atoms with Crippen molar-refractivity contribution < 1.29 is 23.1 Å². The molecule has 6 heteroatoms. The smallest absolute Gasteiger partial charge is 0.360 e. The zero-order valence-electron chi connectivity index (χ0n) is 14.3. The highest BCUT2D eigenvalue weighted by Gasteiger charge is 2.19. The Kier molecular flexibility index (Phi) is 5.63. The van der Waals surface area contributed by atoms with Crippen molar-refractivity contribution in [3.63, 3.8) is 0 Å². The van der Waals surface area contributed by atoms with Crippen LogP contribution in [0.5, 0.6) is 5.75 Å². The molecule has 0 aliphatic heterocycles. The molecule has 0 spiro atoms. The number of carbonyl (C=O) groups excluding carboxylic acids is 1. The first-order chi connectivity index (χ1) is 12.6. The van der Waals surface area contributed by atoms with Gasteiger partial charge in [-0.3, -0.25) is 0 Å². The molecule has 5 nitrogen and oxygen atoms in total. The van der Waals surface area contributed by atoms with Crippen LogP contribution in [0.2, 0.25) is 0 Å². The summed E-state index contributed by atoms with van der Waals surface area (Å²) in [6.45, 7) is 2.21. The highest BCUT2D eigenvalue weighted by molar-refractivity contribution is 5.88. The van der Waals surface area contributed by atoms with Gasteiger partial charge in [0.25, 0.3) is 0 Å². The Balaban J connectivity index is 1.48. The maximum absolute atomic E-state index is 12.8. The van der Waals surface area contributed by atoms with Crippen molar-refractivity contribution in [2.24, 2.45) is 0 Å². The summed E-state index contributed by atoms with van der Waals surface area (Å²) in [5.74, 6) is 0.517. The second-order valence-corrected chi connectivity index (χ2v) is 5.58. The Morgan fingerprint density at radius 2 is 1.81 bits per heavy atom. The number of nitrogens with zero attached hydrogens (tertiary/aromatic N) is 1. The van der Waals surface area contributed by atoms with E-state index in [9.17, 15) is 9.18 Å². The first kappa shape index (κ1) is 17.7. The molecular weight excluding hydrogens is 337 g/mol. The number of oxazole rings is 1. The van der Waals surface area contributed by atoms with E-state index in [0.29, 0.717) is 30.4 Å². The van der Waals surface area contributed by atoms with Crippen molar-refractivity contribution in [1.29, 1.82) is 0 Å². The van der Waals surface area contributed by atoms with Crippen LogP contribution in [0.25, 0.3) is 11.5 Å². The third-order valence-corrected chi connectivity index (χ3v) is 3.61. The number of hydrogen-bond donors (Lipinski definition) is 0. The van der Waals surface area contributed by atoms with Crippen molar-refractivity contribution in [2.45, 2.75) is 13.3 Å². The van der Waals surface area contributed by atoms with E-state index in [-0.39, 0.29) is 18.1 Å². The number of carbonyl (C=O) groups is 1. The maximum Gasteiger partial charge on any atom is 0.360 e. The van der Waals surface area contributed by atoms with Gasteiger partial charge < -0.3 is 13.9 Å². The lowest BCUT2D eigenvalue weighted by molar-refractivity contribution is 0.0478. The Morgan fingerprint density at radius 1 is 1.08 bits per heavy atom. The van der Waals surface area contributed by atoms with E-state index in [4.69, 9.17) is 13.9 Å². The second kappa shape index (κ2) is 8.29. The summed E-state index contributed by atoms with van der Waals surface area (Å²) < 4.78 is 29.0. The number of esters is 1. The van der Waals surface area contributed by atoms with Crippen LogP contribution in [0.4, 0.5) is 4.39 Å². The largest absolute Gasteiger partial charge is 0.493 e. The van der Waals surface area contributed by atoms with Crippen LogP contribution < -0.4 is 4.74 Å². The zero-order chi connectivity index (χ0) is 18.4. The molecule has 1 heterocycles. The van der Waals surface area contributed by atoms with Gasteiger partial charge in [-0.15, -0.1) is 0 Å². The van der Waals surface area contributed by atoms with E-state index in [1.165, 1.54) is 12.1 Å². The van der Waals surface area contributed by atoms with Crippen molar-refractivity contribution in [2.75, 3.05) is 13.2 Å². The van der Waals surface area contributed by atoms with Gasteiger partial charge in [0.1, 0.15) is 17.3 Å². The van der Waals surface area contributed by atoms with Crippen LogP contribution in [0.1, 0.15) is 22.7 Å². The van der Waals surface area contributed by atoms with E-state index in [0.717, 1.165) is 5.56 Å². The van der Waals surface area contributed by atoms with E-state index >= 15 is 0 Å². The lowest BCUT2D eigenvalue weighted by atomic mass is 10.2. The van der Waals surface area contributed by atoms with E-state index in [1.54, 1.807) is 19.1 Å². The van der Waals surface area contributed by atoms with Crippen molar-refractivity contribution in [3.05, 3.63) is 71.9 Å². The fraction of sp³-hybridized carbons (Fsp3) is 0.200. The van der Waals surface area contributed by atoms with Gasteiger partial charge in [-0.25, -0.2) is 14.2 Å². The van der Waals surface area contributed by atoms with Crippen molar-refractivity contribution >= 4 is 5.97 Å². The van der Waals surface area contributed by atoms with Crippen molar-refractivity contribution in [3.8, 4) is 17.2 Å². The second-order valence-electron chi connectivity index (χ2n) is 5.58. The predicted molar refractivity (Wildman–Crippen MR) is 93.5 cm³/mol. The number of ether oxygens (including phenoxy) is 2. The first-order valence-electron chi connectivity index (χ1n) is 8.22. The van der Waals surface area contributed by atoms with Gasteiger partial charge in [0, 0.05) is 12.0 Å². The van der Waals surface area contributed by atoms with Gasteiger partial charge >= 0.3 is 5.97 Å². The molecule has 134 valence electrons. The number of aryl methyl sites for hydroxylation is 1. The van der Waals surface area contributed by atoms with Gasteiger partial charge in [-0.1, -0.05) is 18.2 Å². The lowest BCUT2D eigenvalue weighted by Crippen LogP contribution is -2.10. The molecule has 3 aromatic rings. The third-order valence-electron chi connectivity index (χ3n) is 3.61. The zero-order valence-corrected chi connectivity index (χ0v) is 14.3. The molecule has 3 rings (SSSR count). The van der Waals surface area contributed by atoms with Crippen LogP contribution >= 0.6 is 0 Å². The molecule has 0 saturated carbocycles. The van der Waals surface area contributed by atoms with Crippen LogP contribution in [0.3, 0.4) is 0 Å². The molecule has 0 amide bonds. The Hall–Kier alpha value is -3.15. The van der Waals surface area contributed by atoms with E-state index < -0.39 is 5.97 Å². The maximum atomic E-state index is 12.8. The van der Waals surface area contributed by atoms with Crippen LogP contribution in [0.15, 0.2) is 59.0 Å². The van der Waals surface area contributed by atoms with Gasteiger partial charge in [-0.2, -0.15) is 0 Å². The van der Waals surface area contributed by atoms with E-state index in [1.807, 2.05) is 30.3 Å². The SMILES string of the molecule is Cc1oc(-c2ccccc2)nc1C(=O)OCCCOc1ccc(F)cc1. The minimum Gasteiger partial charge on any atom is -0.493 e. The number of aromatic nitrogens is 1. The van der Waals surface area contributed by atoms with Gasteiger partial charge in [-0.05, 0) is 43.3 Å². The quantitative estimate of drug-likeness (QED) is 0.464. The highest BCUT2D eigenvalue weighted by Crippen LogP contribution is 2.21. The molecule has 0 aliphatic carbocycles. The molecule has 1 aromatic heterocycles. The Labute approximate surface area is 150 Å². The molecule has 2 aromatic carbocycles. The Bertz CT molecular complexity index is 859. The molecule has 0 bridgehead atoms. The number of hydrogen-bond acceptors (Lipinski definition) is 5. The summed E-state index contributed by atoms with van der Waals surface area (Å²) in [5, 5.41) is 0. The molecule has 0 aliphatic rings. The molecule has 0 fully saturated rings. The molecule has 0 atom stereocenters. The standard InChI is InChI=1S/C20H18FNO4/c1-14-18(22-19(26-14)15-6-3-2-4-7-15)20(23)25-13-5-12-24-17-10-8-16(21)9-11-17/h2-4,6-11H,5,12-13H2,1H3. The Morgan fingerprint density at radius 3 is 2.54 bits per heavy atom.